The highest BCUT2D eigenvalue weighted by molar-refractivity contribution is 6.31. The fourth-order valence-corrected chi connectivity index (χ4v) is 2.01. The molecule has 0 saturated carbocycles. The summed E-state index contributed by atoms with van der Waals surface area (Å²) in [6, 6.07) is 13.0. The second-order valence-corrected chi connectivity index (χ2v) is 5.46. The molecule has 2 aromatic carbocycles. The molecule has 0 aliphatic carbocycles. The average molecular weight is 304 g/mol. The summed E-state index contributed by atoms with van der Waals surface area (Å²) in [4.78, 5) is 12.2. The molecule has 1 amide bonds. The monoisotopic (exact) mass is 303 g/mol. The van der Waals surface area contributed by atoms with Crippen molar-refractivity contribution in [3.05, 3.63) is 58.6 Å². The quantitative estimate of drug-likeness (QED) is 0.911. The van der Waals surface area contributed by atoms with Crippen LogP contribution < -0.4 is 10.1 Å². The van der Waals surface area contributed by atoms with Crippen molar-refractivity contribution < 1.29 is 9.53 Å². The number of hydrogen-bond acceptors (Lipinski definition) is 2. The number of aryl methyl sites for hydroxylation is 2. The average Bonchev–Trinajstić information content (AvgIpc) is 2.45. The normalized spacial score (nSPS) is 11.8. The maximum atomic E-state index is 12.2. The van der Waals surface area contributed by atoms with Crippen LogP contribution in [0.5, 0.6) is 5.75 Å². The van der Waals surface area contributed by atoms with Gasteiger partial charge in [-0.2, -0.15) is 0 Å². The van der Waals surface area contributed by atoms with Crippen molar-refractivity contribution in [2.24, 2.45) is 0 Å². The number of carbonyl (C=O) groups is 1. The molecule has 0 aliphatic rings. The first kappa shape index (κ1) is 15.4. The van der Waals surface area contributed by atoms with Crippen molar-refractivity contribution in [3.63, 3.8) is 0 Å². The summed E-state index contributed by atoms with van der Waals surface area (Å²) in [5.74, 6) is 0.465. The Bertz CT molecular complexity index is 638. The van der Waals surface area contributed by atoms with Crippen LogP contribution in [0.25, 0.3) is 0 Å². The van der Waals surface area contributed by atoms with Crippen molar-refractivity contribution in [2.45, 2.75) is 26.9 Å². The lowest BCUT2D eigenvalue weighted by atomic mass is 10.2. The molecule has 0 heterocycles. The predicted octanol–water partition coefficient (Wildman–Crippen LogP) is 4.36. The number of benzene rings is 2. The van der Waals surface area contributed by atoms with Gasteiger partial charge in [-0.1, -0.05) is 35.4 Å². The summed E-state index contributed by atoms with van der Waals surface area (Å²) in [6.45, 7) is 5.63. The Hall–Kier alpha value is -2.00. The second kappa shape index (κ2) is 6.64. The van der Waals surface area contributed by atoms with Gasteiger partial charge in [0.1, 0.15) is 5.75 Å². The van der Waals surface area contributed by atoms with Crippen LogP contribution in [-0.2, 0) is 4.79 Å². The van der Waals surface area contributed by atoms with E-state index in [9.17, 15) is 4.79 Å². The number of carbonyl (C=O) groups excluding carboxylic acids is 1. The molecule has 0 unspecified atom stereocenters. The molecule has 0 spiro atoms. The lowest BCUT2D eigenvalue weighted by Crippen LogP contribution is -2.30. The van der Waals surface area contributed by atoms with E-state index in [1.54, 1.807) is 19.1 Å². The molecule has 110 valence electrons. The maximum absolute atomic E-state index is 12.2. The summed E-state index contributed by atoms with van der Waals surface area (Å²) in [5, 5.41) is 3.42. The predicted molar refractivity (Wildman–Crippen MR) is 86.1 cm³/mol. The topological polar surface area (TPSA) is 38.3 Å². The summed E-state index contributed by atoms with van der Waals surface area (Å²) in [5.41, 5.74) is 2.80. The highest BCUT2D eigenvalue weighted by atomic mass is 35.5. The molecule has 0 aliphatic heterocycles. The lowest BCUT2D eigenvalue weighted by Gasteiger charge is -2.16. The van der Waals surface area contributed by atoms with Crippen molar-refractivity contribution in [1.82, 2.24) is 0 Å². The van der Waals surface area contributed by atoms with E-state index < -0.39 is 6.10 Å². The molecule has 4 heteroatoms. The number of anilines is 1. The number of rotatable bonds is 4. The zero-order valence-corrected chi connectivity index (χ0v) is 13.1. The zero-order chi connectivity index (χ0) is 15.4. The fourth-order valence-electron chi connectivity index (χ4n) is 1.84. The minimum atomic E-state index is -0.592. The van der Waals surface area contributed by atoms with Crippen molar-refractivity contribution >= 4 is 23.2 Å². The van der Waals surface area contributed by atoms with Crippen LogP contribution in [0.1, 0.15) is 18.1 Å². The first-order valence-electron chi connectivity index (χ1n) is 6.76. The van der Waals surface area contributed by atoms with Gasteiger partial charge >= 0.3 is 0 Å². The van der Waals surface area contributed by atoms with E-state index in [0.29, 0.717) is 16.5 Å². The van der Waals surface area contributed by atoms with Crippen LogP contribution in [-0.4, -0.2) is 12.0 Å². The molecule has 3 nitrogen and oxygen atoms in total. The van der Waals surface area contributed by atoms with Gasteiger partial charge in [0.15, 0.2) is 6.10 Å². The molecule has 21 heavy (non-hydrogen) atoms. The highest BCUT2D eigenvalue weighted by Gasteiger charge is 2.15. The Balaban J connectivity index is 2.02. The third-order valence-electron chi connectivity index (χ3n) is 3.16. The second-order valence-electron chi connectivity index (χ2n) is 5.02. The Labute approximate surface area is 129 Å². The van der Waals surface area contributed by atoms with Gasteiger partial charge in [-0.25, -0.2) is 0 Å². The molecule has 1 atom stereocenters. The van der Waals surface area contributed by atoms with E-state index in [1.165, 1.54) is 0 Å². The molecule has 1 N–H and O–H groups in total. The van der Waals surface area contributed by atoms with Crippen LogP contribution in [0.2, 0.25) is 5.02 Å². The number of halogens is 1. The van der Waals surface area contributed by atoms with E-state index in [1.807, 2.05) is 44.2 Å². The third kappa shape index (κ3) is 4.23. The summed E-state index contributed by atoms with van der Waals surface area (Å²) < 4.78 is 5.63. The highest BCUT2D eigenvalue weighted by Crippen LogP contribution is 2.21. The first-order chi connectivity index (χ1) is 9.95. The minimum absolute atomic E-state index is 0.207. The van der Waals surface area contributed by atoms with Crippen LogP contribution >= 0.6 is 11.6 Å². The van der Waals surface area contributed by atoms with Gasteiger partial charge in [0, 0.05) is 10.7 Å². The number of ether oxygens (including phenoxy) is 1. The Morgan fingerprint density at radius 2 is 1.81 bits per heavy atom. The van der Waals surface area contributed by atoms with Crippen LogP contribution in [0.4, 0.5) is 5.69 Å². The fraction of sp³-hybridized carbons (Fsp3) is 0.235. The number of amides is 1. The smallest absolute Gasteiger partial charge is 0.265 e. The summed E-state index contributed by atoms with van der Waals surface area (Å²) in [6.07, 6.45) is -0.592. The van der Waals surface area contributed by atoms with Crippen molar-refractivity contribution in [1.29, 1.82) is 0 Å². The van der Waals surface area contributed by atoms with Gasteiger partial charge in [-0.3, -0.25) is 4.79 Å². The Morgan fingerprint density at radius 3 is 2.48 bits per heavy atom. The largest absolute Gasteiger partial charge is 0.481 e. The van der Waals surface area contributed by atoms with Crippen LogP contribution in [0.3, 0.4) is 0 Å². The maximum Gasteiger partial charge on any atom is 0.265 e. The first-order valence-corrected chi connectivity index (χ1v) is 7.14. The molecular formula is C17H18ClNO2. The van der Waals surface area contributed by atoms with E-state index in [2.05, 4.69) is 5.32 Å². The van der Waals surface area contributed by atoms with Gasteiger partial charge in [-0.15, -0.1) is 0 Å². The molecular weight excluding hydrogens is 286 g/mol. The molecule has 0 saturated heterocycles. The van der Waals surface area contributed by atoms with Gasteiger partial charge in [0.25, 0.3) is 5.91 Å². The summed E-state index contributed by atoms with van der Waals surface area (Å²) in [7, 11) is 0. The summed E-state index contributed by atoms with van der Waals surface area (Å²) >= 11 is 5.94. The van der Waals surface area contributed by atoms with E-state index >= 15 is 0 Å². The van der Waals surface area contributed by atoms with Crippen LogP contribution in [0, 0.1) is 13.8 Å². The van der Waals surface area contributed by atoms with E-state index in [0.717, 1.165) is 11.1 Å². The van der Waals surface area contributed by atoms with Gasteiger partial charge in [0.05, 0.1) is 0 Å². The lowest BCUT2D eigenvalue weighted by molar-refractivity contribution is -0.122. The van der Waals surface area contributed by atoms with Gasteiger partial charge < -0.3 is 10.1 Å². The molecule has 0 radical (unpaired) electrons. The minimum Gasteiger partial charge on any atom is -0.481 e. The van der Waals surface area contributed by atoms with Gasteiger partial charge in [-0.05, 0) is 50.6 Å². The zero-order valence-electron chi connectivity index (χ0n) is 12.3. The van der Waals surface area contributed by atoms with E-state index in [4.69, 9.17) is 16.3 Å². The number of hydrogen-bond donors (Lipinski definition) is 1. The third-order valence-corrected chi connectivity index (χ3v) is 3.40. The molecule has 0 bridgehead atoms. The Kier molecular flexibility index (Phi) is 4.86. The van der Waals surface area contributed by atoms with Crippen molar-refractivity contribution in [3.8, 4) is 5.75 Å². The van der Waals surface area contributed by atoms with Crippen LogP contribution in [0.15, 0.2) is 42.5 Å². The Morgan fingerprint density at radius 1 is 1.14 bits per heavy atom. The van der Waals surface area contributed by atoms with Crippen molar-refractivity contribution in [2.75, 3.05) is 5.32 Å². The van der Waals surface area contributed by atoms with E-state index in [-0.39, 0.29) is 5.91 Å². The molecule has 0 aromatic heterocycles. The number of nitrogens with one attached hydrogen (secondary N) is 1. The standard InChI is InChI=1S/C17H18ClNO2/c1-11-4-8-15(9-5-11)21-13(3)17(20)19-16-10-14(18)7-6-12(16)2/h4-10,13H,1-3H3,(H,19,20)/t13-/m0/s1. The SMILES string of the molecule is Cc1ccc(O[C@@H](C)C(=O)Nc2cc(Cl)ccc2C)cc1. The molecule has 0 fully saturated rings. The molecule has 2 rings (SSSR count). The van der Waals surface area contributed by atoms with Gasteiger partial charge in [0.2, 0.25) is 0 Å². The molecule has 2 aromatic rings.